The zero-order chi connectivity index (χ0) is 30.3. The first kappa shape index (κ1) is 39.2. The number of carbonyl (C=O) groups is 1. The van der Waals surface area contributed by atoms with Crippen LogP contribution in [-0.2, 0) is 27.9 Å². The lowest BCUT2D eigenvalue weighted by atomic mass is 10.1. The van der Waals surface area contributed by atoms with Gasteiger partial charge in [-0.05, 0) is 51.4 Å². The third-order valence-corrected chi connectivity index (χ3v) is 6.74. The Morgan fingerprint density at radius 2 is 1.27 bits per heavy atom. The van der Waals surface area contributed by atoms with Crippen molar-refractivity contribution in [3.8, 4) is 0 Å². The first-order chi connectivity index (χ1) is 19.9. The maximum Gasteiger partial charge on any atom is 0.472 e. The maximum atomic E-state index is 11.8. The molecule has 2 unspecified atom stereocenters. The van der Waals surface area contributed by atoms with Crippen LogP contribution in [-0.4, -0.2) is 49.9 Å². The summed E-state index contributed by atoms with van der Waals surface area (Å²) in [5.41, 5.74) is 5.26. The van der Waals surface area contributed by atoms with E-state index in [9.17, 15) is 14.3 Å². The maximum absolute atomic E-state index is 11.8. The molecule has 0 spiro atoms. The van der Waals surface area contributed by atoms with E-state index in [-0.39, 0.29) is 32.8 Å². The number of esters is 1. The van der Waals surface area contributed by atoms with E-state index in [0.717, 1.165) is 57.8 Å². The Hall–Kier alpha value is -1.80. The van der Waals surface area contributed by atoms with Gasteiger partial charge in [-0.25, -0.2) is 4.57 Å². The highest BCUT2D eigenvalue weighted by Gasteiger charge is 2.24. The summed E-state index contributed by atoms with van der Waals surface area (Å²) in [6.45, 7) is 4.14. The van der Waals surface area contributed by atoms with Crippen molar-refractivity contribution in [2.24, 2.45) is 5.73 Å². The molecule has 0 aromatic heterocycles. The fraction of sp³-hybridized carbons (Fsp3) is 0.656. The summed E-state index contributed by atoms with van der Waals surface area (Å²) in [5, 5.41) is 0. The van der Waals surface area contributed by atoms with Gasteiger partial charge in [0.1, 0.15) is 6.10 Å². The molecular weight excluding hydrogens is 541 g/mol. The van der Waals surface area contributed by atoms with Crippen molar-refractivity contribution in [1.82, 2.24) is 0 Å². The molecule has 0 rings (SSSR count). The Balaban J connectivity index is 3.75. The van der Waals surface area contributed by atoms with Gasteiger partial charge >= 0.3 is 13.8 Å². The molecule has 0 aliphatic carbocycles. The number of phosphoric acid groups is 1. The molecule has 0 radical (unpaired) electrons. The van der Waals surface area contributed by atoms with Crippen LogP contribution in [0, 0.1) is 0 Å². The Bertz CT molecular complexity index is 808. The van der Waals surface area contributed by atoms with E-state index in [0.29, 0.717) is 6.61 Å². The molecule has 41 heavy (non-hydrogen) atoms. The van der Waals surface area contributed by atoms with Crippen molar-refractivity contribution < 1.29 is 32.8 Å². The van der Waals surface area contributed by atoms with Crippen molar-refractivity contribution in [3.05, 3.63) is 60.8 Å². The number of allylic oxidation sites excluding steroid dienone is 10. The number of hydrogen-bond acceptors (Lipinski definition) is 7. The molecule has 8 nitrogen and oxygen atoms in total. The van der Waals surface area contributed by atoms with E-state index < -0.39 is 19.9 Å². The zero-order valence-electron chi connectivity index (χ0n) is 25.5. The van der Waals surface area contributed by atoms with Gasteiger partial charge in [0.15, 0.2) is 0 Å². The zero-order valence-corrected chi connectivity index (χ0v) is 26.4. The van der Waals surface area contributed by atoms with Crippen LogP contribution < -0.4 is 5.73 Å². The van der Waals surface area contributed by atoms with Crippen LogP contribution in [0.2, 0.25) is 0 Å². The monoisotopic (exact) mass is 597 g/mol. The first-order valence-corrected chi connectivity index (χ1v) is 16.8. The predicted octanol–water partition coefficient (Wildman–Crippen LogP) is 7.90. The number of carbonyl (C=O) groups excluding carboxylic acids is 1. The molecule has 0 bridgehead atoms. The van der Waals surface area contributed by atoms with Gasteiger partial charge in [-0.3, -0.25) is 13.8 Å². The van der Waals surface area contributed by atoms with Gasteiger partial charge < -0.3 is 20.1 Å². The molecule has 0 saturated carbocycles. The van der Waals surface area contributed by atoms with Gasteiger partial charge in [-0.1, -0.05) is 100 Å². The average Bonchev–Trinajstić information content (AvgIpc) is 2.96. The van der Waals surface area contributed by atoms with E-state index in [1.807, 2.05) is 0 Å². The molecule has 0 fully saturated rings. The highest BCUT2D eigenvalue weighted by Crippen LogP contribution is 2.43. The summed E-state index contributed by atoms with van der Waals surface area (Å²) in [6.07, 6.45) is 34.6. The third kappa shape index (κ3) is 29.5. The van der Waals surface area contributed by atoms with Gasteiger partial charge in [-0.15, -0.1) is 0 Å². The third-order valence-electron chi connectivity index (χ3n) is 5.75. The summed E-state index contributed by atoms with van der Waals surface area (Å²) < 4.78 is 32.2. The minimum Gasteiger partial charge on any atom is -0.457 e. The van der Waals surface area contributed by atoms with Crippen LogP contribution >= 0.6 is 7.82 Å². The molecule has 0 heterocycles. The molecule has 0 aromatic rings. The second-order valence-electron chi connectivity index (χ2n) is 9.54. The lowest BCUT2D eigenvalue weighted by molar-refractivity contribution is -0.154. The van der Waals surface area contributed by atoms with Crippen LogP contribution in [0.1, 0.15) is 97.3 Å². The van der Waals surface area contributed by atoms with E-state index in [1.165, 1.54) is 19.3 Å². The van der Waals surface area contributed by atoms with E-state index in [4.69, 9.17) is 19.7 Å². The van der Waals surface area contributed by atoms with E-state index in [1.54, 1.807) is 6.92 Å². The minimum absolute atomic E-state index is 0.0928. The number of unbranched alkanes of at least 4 members (excludes halogenated alkanes) is 6. The van der Waals surface area contributed by atoms with Crippen molar-refractivity contribution in [2.75, 3.05) is 33.0 Å². The van der Waals surface area contributed by atoms with Crippen LogP contribution in [0.3, 0.4) is 0 Å². The Kier molecular flexibility index (Phi) is 28.4. The molecule has 9 heteroatoms. The lowest BCUT2D eigenvalue weighted by Crippen LogP contribution is -2.28. The molecule has 2 atom stereocenters. The first-order valence-electron chi connectivity index (χ1n) is 15.3. The van der Waals surface area contributed by atoms with Gasteiger partial charge in [0.25, 0.3) is 0 Å². The van der Waals surface area contributed by atoms with Gasteiger partial charge in [-0.2, -0.15) is 0 Å². The van der Waals surface area contributed by atoms with Crippen molar-refractivity contribution in [3.63, 3.8) is 0 Å². The van der Waals surface area contributed by atoms with Crippen molar-refractivity contribution in [2.45, 2.75) is 103 Å². The van der Waals surface area contributed by atoms with Crippen molar-refractivity contribution in [1.29, 1.82) is 0 Å². The highest BCUT2D eigenvalue weighted by molar-refractivity contribution is 7.47. The Morgan fingerprint density at radius 1 is 0.732 bits per heavy atom. The second-order valence-corrected chi connectivity index (χ2v) is 11.0. The fourth-order valence-corrected chi connectivity index (χ4v) is 4.29. The molecular formula is C32H56NO7P. The van der Waals surface area contributed by atoms with Crippen LogP contribution in [0.15, 0.2) is 60.8 Å². The Morgan fingerprint density at radius 3 is 1.83 bits per heavy atom. The lowest BCUT2D eigenvalue weighted by Gasteiger charge is -2.19. The largest absolute Gasteiger partial charge is 0.472 e. The summed E-state index contributed by atoms with van der Waals surface area (Å²) >= 11 is 0. The smallest absolute Gasteiger partial charge is 0.457 e. The molecule has 0 aliphatic heterocycles. The molecule has 0 aliphatic rings. The summed E-state index contributed by atoms with van der Waals surface area (Å²) in [6, 6.07) is 0. The standard InChI is InChI=1S/C32H56NO7P/c1-3-5-6-7-8-9-10-11-12-13-14-15-16-17-18-19-20-21-22-23-24-25-27-37-29-31(40-32(34)4-2)30-39-41(35,36)38-28-26-33/h5-6,8-9,11-12,14-15,17-18,31H,3-4,7,10,13,16,19-30,33H2,1-2H3,(H,35,36)/b6-5-,9-8-,12-11-,15-14-,18-17-. The average molecular weight is 598 g/mol. The minimum atomic E-state index is -4.24. The number of rotatable bonds is 28. The predicted molar refractivity (Wildman–Crippen MR) is 169 cm³/mol. The van der Waals surface area contributed by atoms with Gasteiger partial charge in [0.05, 0.1) is 19.8 Å². The molecule has 0 saturated heterocycles. The molecule has 236 valence electrons. The summed E-state index contributed by atoms with van der Waals surface area (Å²) in [7, 11) is -4.24. The molecule has 0 amide bonds. The SMILES string of the molecule is CC/C=C\C/C=C\C/C=C\C/C=C\C/C=C\CCCCCCCCOCC(COP(=O)(O)OCCN)OC(=O)CC. The topological polar surface area (TPSA) is 117 Å². The number of ether oxygens (including phenoxy) is 2. The van der Waals surface area contributed by atoms with Crippen LogP contribution in [0.4, 0.5) is 0 Å². The summed E-state index contributed by atoms with van der Waals surface area (Å²) in [5.74, 6) is -0.428. The Labute approximate surface area is 249 Å². The fourth-order valence-electron chi connectivity index (χ4n) is 3.52. The normalized spacial score (nSPS) is 14.7. The number of hydrogen-bond donors (Lipinski definition) is 2. The van der Waals surface area contributed by atoms with Crippen LogP contribution in [0.25, 0.3) is 0 Å². The molecule has 3 N–H and O–H groups in total. The molecule has 0 aromatic carbocycles. The van der Waals surface area contributed by atoms with Crippen molar-refractivity contribution >= 4 is 13.8 Å². The van der Waals surface area contributed by atoms with Crippen LogP contribution in [0.5, 0.6) is 0 Å². The quantitative estimate of drug-likeness (QED) is 0.0404. The second kappa shape index (κ2) is 29.7. The number of phosphoric ester groups is 1. The highest BCUT2D eigenvalue weighted by atomic mass is 31.2. The van der Waals surface area contributed by atoms with Gasteiger partial charge in [0, 0.05) is 19.6 Å². The summed E-state index contributed by atoms with van der Waals surface area (Å²) in [4.78, 5) is 21.2. The van der Waals surface area contributed by atoms with E-state index in [2.05, 4.69) is 72.2 Å². The number of nitrogens with two attached hydrogens (primary N) is 1. The van der Waals surface area contributed by atoms with E-state index >= 15 is 0 Å². The van der Waals surface area contributed by atoms with Gasteiger partial charge in [0.2, 0.25) is 0 Å².